The number of aliphatic hydroxyl groups is 1. The summed E-state index contributed by atoms with van der Waals surface area (Å²) in [6.07, 6.45) is 4.79. The molecule has 0 spiro atoms. The number of alkyl halides is 1. The van der Waals surface area contributed by atoms with Crippen molar-refractivity contribution in [2.24, 2.45) is 0 Å². The summed E-state index contributed by atoms with van der Waals surface area (Å²) in [5.41, 5.74) is 7.57. The summed E-state index contributed by atoms with van der Waals surface area (Å²) in [5, 5.41) is 11.8. The molecule has 0 amide bonds. The highest BCUT2D eigenvalue weighted by Gasteiger charge is 2.17. The number of nitrogens with one attached hydrogen (secondary N) is 1. The minimum Gasteiger partial charge on any atom is -0.465 e. The Hall–Kier alpha value is -5.72. The Morgan fingerprint density at radius 1 is 0.580 bits per heavy atom. The number of carbonyl (C=O) groups is 2. The van der Waals surface area contributed by atoms with E-state index in [0.29, 0.717) is 56.4 Å². The molecule has 360 valence electrons. The van der Waals surface area contributed by atoms with Gasteiger partial charge in [0, 0.05) is 43.2 Å². The number of carbonyl (C=O) groups excluding carboxylic acids is 2. The lowest BCUT2D eigenvalue weighted by Gasteiger charge is -2.19. The number of rotatable bonds is 17. The number of benzene rings is 5. The summed E-state index contributed by atoms with van der Waals surface area (Å²) in [6, 6.07) is 43.4. The summed E-state index contributed by atoms with van der Waals surface area (Å²) in [4.78, 5) is 37.8. The molecule has 3 aromatic heterocycles. The Bertz CT molecular complexity index is 2620. The van der Waals surface area contributed by atoms with E-state index in [1.165, 1.54) is 6.26 Å². The summed E-state index contributed by atoms with van der Waals surface area (Å²) >= 11 is 15.7. The molecule has 0 fully saturated rings. The van der Waals surface area contributed by atoms with Gasteiger partial charge in [-0.05, 0) is 61.4 Å². The quantitative estimate of drug-likeness (QED) is 0.0654. The average Bonchev–Trinajstić information content (AvgIpc) is 4.17. The zero-order chi connectivity index (χ0) is 49.2. The van der Waals surface area contributed by atoms with Crippen LogP contribution in [0.25, 0.3) is 33.8 Å². The first-order valence-electron chi connectivity index (χ1n) is 21.7. The van der Waals surface area contributed by atoms with E-state index in [-0.39, 0.29) is 31.6 Å². The molecule has 0 saturated heterocycles. The van der Waals surface area contributed by atoms with E-state index in [9.17, 15) is 9.59 Å². The second-order valence-electron chi connectivity index (χ2n) is 14.5. The van der Waals surface area contributed by atoms with E-state index >= 15 is 0 Å². The van der Waals surface area contributed by atoms with Gasteiger partial charge in [-0.1, -0.05) is 145 Å². The van der Waals surface area contributed by atoms with Crippen molar-refractivity contribution in [2.75, 3.05) is 26.3 Å². The first-order valence-corrected chi connectivity index (χ1v) is 24.6. The van der Waals surface area contributed by atoms with Gasteiger partial charge in [-0.3, -0.25) is 14.5 Å². The molecule has 69 heavy (non-hydrogen) atoms. The number of hydrogen-bond acceptors (Lipinski definition) is 13. The second-order valence-corrected chi connectivity index (χ2v) is 17.5. The zero-order valence-electron chi connectivity index (χ0n) is 37.9. The predicted molar refractivity (Wildman–Crippen MR) is 276 cm³/mol. The average molecular weight is 1150 g/mol. The Morgan fingerprint density at radius 3 is 1.43 bits per heavy atom. The number of oxazole rings is 3. The lowest BCUT2D eigenvalue weighted by Crippen LogP contribution is -2.30. The second kappa shape index (κ2) is 30.0. The van der Waals surface area contributed by atoms with Gasteiger partial charge >= 0.3 is 11.9 Å². The minimum absolute atomic E-state index is 0.170. The Kier molecular flexibility index (Phi) is 23.6. The van der Waals surface area contributed by atoms with Gasteiger partial charge in [-0.2, -0.15) is 0 Å². The zero-order valence-corrected chi connectivity index (χ0v) is 43.4. The largest absolute Gasteiger partial charge is 0.465 e. The van der Waals surface area contributed by atoms with Gasteiger partial charge in [-0.25, -0.2) is 15.0 Å². The molecule has 0 aliphatic carbocycles. The molecule has 8 rings (SSSR count). The first-order chi connectivity index (χ1) is 33.5. The SMILES string of the molecule is CCOC(=O)CN(Cc1ccccc1)Cc1nc(-c2ccc(Br)cc2)co1.CCOC(=O)CNCc1ccccc1.ClCc1nc(-c2ccc(Br)cc2)co1.OCc1nc(-c2ccc(Br)cc2)co1. The molecular formula is C52H51Br3ClN5O8. The Balaban J connectivity index is 0.000000181. The number of hydrogen-bond donors (Lipinski definition) is 2. The summed E-state index contributed by atoms with van der Waals surface area (Å²) in [7, 11) is 0. The van der Waals surface area contributed by atoms with Crippen LogP contribution in [0.4, 0.5) is 0 Å². The lowest BCUT2D eigenvalue weighted by atomic mass is 10.2. The van der Waals surface area contributed by atoms with Gasteiger partial charge in [0.1, 0.15) is 42.5 Å². The standard InChI is InChI=1S/C21H21BrN2O3.C11H15NO2.C10H7BrClNO.C10H8BrNO2/c1-2-26-21(25)14-24(12-16-6-4-3-5-7-16)13-20-23-19(15-27-20)17-8-10-18(22)11-9-17;1-2-14-11(13)9-12-8-10-6-4-3-5-7-10;11-8-3-1-7(2-4-8)9-6-14-10(5-12)13-9;11-8-3-1-7(2-4-8)9-6-14-10(5-13)12-9/h3-11,15H,2,12-14H2,1H3;3-7,12H,2,8-9H2,1H3;1-4,6H,5H2;1-4,6,13H,5H2. The lowest BCUT2D eigenvalue weighted by molar-refractivity contribution is -0.145. The number of nitrogens with zero attached hydrogens (tertiary/aromatic N) is 4. The molecule has 17 heteroatoms. The topological polar surface area (TPSA) is 166 Å². The third kappa shape index (κ3) is 19.7. The summed E-state index contributed by atoms with van der Waals surface area (Å²) in [5.74, 6) is 1.29. The maximum atomic E-state index is 12.0. The molecule has 0 unspecified atom stereocenters. The van der Waals surface area contributed by atoms with Crippen molar-refractivity contribution in [3.8, 4) is 33.8 Å². The first kappa shape index (κ1) is 54.2. The van der Waals surface area contributed by atoms with E-state index in [1.807, 2.05) is 138 Å². The van der Waals surface area contributed by atoms with E-state index in [2.05, 4.69) is 68.1 Å². The van der Waals surface area contributed by atoms with Crippen LogP contribution in [0.5, 0.6) is 0 Å². The van der Waals surface area contributed by atoms with Crippen LogP contribution in [0.2, 0.25) is 0 Å². The van der Waals surface area contributed by atoms with Gasteiger partial charge < -0.3 is 33.1 Å². The van der Waals surface area contributed by atoms with E-state index in [4.69, 9.17) is 39.4 Å². The normalized spacial score (nSPS) is 10.5. The summed E-state index contributed by atoms with van der Waals surface area (Å²) in [6.45, 7) is 6.40. The van der Waals surface area contributed by atoms with Crippen LogP contribution in [-0.4, -0.2) is 63.2 Å². The molecule has 0 saturated carbocycles. The maximum absolute atomic E-state index is 12.0. The smallest absolute Gasteiger partial charge is 0.320 e. The fourth-order valence-corrected chi connectivity index (χ4v) is 7.02. The highest BCUT2D eigenvalue weighted by molar-refractivity contribution is 9.11. The van der Waals surface area contributed by atoms with Crippen molar-refractivity contribution in [2.45, 2.75) is 46.0 Å². The molecule has 5 aromatic carbocycles. The fraction of sp³-hybridized carbons (Fsp3) is 0.212. The third-order valence-electron chi connectivity index (χ3n) is 9.34. The number of aromatic nitrogens is 3. The van der Waals surface area contributed by atoms with Gasteiger partial charge in [0.15, 0.2) is 0 Å². The molecule has 0 atom stereocenters. The number of esters is 2. The molecular weight excluding hydrogens is 1100 g/mol. The fourth-order valence-electron chi connectivity index (χ4n) is 6.11. The predicted octanol–water partition coefficient (Wildman–Crippen LogP) is 12.4. The molecule has 8 aromatic rings. The van der Waals surface area contributed by atoms with Crippen LogP contribution in [-0.2, 0) is 51.2 Å². The van der Waals surface area contributed by atoms with Crippen LogP contribution in [0, 0.1) is 0 Å². The molecule has 0 aliphatic rings. The minimum atomic E-state index is -0.256. The van der Waals surface area contributed by atoms with Gasteiger partial charge in [-0.15, -0.1) is 11.6 Å². The van der Waals surface area contributed by atoms with Crippen LogP contribution in [0.1, 0.15) is 42.6 Å². The number of halogens is 4. The molecule has 13 nitrogen and oxygen atoms in total. The van der Waals surface area contributed by atoms with Crippen molar-refractivity contribution in [1.29, 1.82) is 0 Å². The highest BCUT2D eigenvalue weighted by atomic mass is 79.9. The van der Waals surface area contributed by atoms with Crippen molar-refractivity contribution in [3.05, 3.63) is 194 Å². The number of ether oxygens (including phenoxy) is 2. The maximum Gasteiger partial charge on any atom is 0.320 e. The van der Waals surface area contributed by atoms with Crippen LogP contribution in [0.3, 0.4) is 0 Å². The Morgan fingerprint density at radius 2 is 1.00 bits per heavy atom. The van der Waals surface area contributed by atoms with Crippen molar-refractivity contribution in [1.82, 2.24) is 25.2 Å². The van der Waals surface area contributed by atoms with Gasteiger partial charge in [0.2, 0.25) is 17.7 Å². The van der Waals surface area contributed by atoms with Crippen molar-refractivity contribution < 1.29 is 37.4 Å². The van der Waals surface area contributed by atoms with E-state index in [1.54, 1.807) is 26.4 Å². The van der Waals surface area contributed by atoms with Crippen molar-refractivity contribution in [3.63, 3.8) is 0 Å². The van der Waals surface area contributed by atoms with Gasteiger partial charge in [0.25, 0.3) is 0 Å². The Labute approximate surface area is 431 Å². The third-order valence-corrected chi connectivity index (χ3v) is 11.2. The monoisotopic (exact) mass is 1150 g/mol. The van der Waals surface area contributed by atoms with E-state index < -0.39 is 0 Å². The molecule has 0 radical (unpaired) electrons. The van der Waals surface area contributed by atoms with Crippen LogP contribution in [0.15, 0.2) is 179 Å². The molecule has 3 heterocycles. The molecule has 0 aliphatic heterocycles. The number of aliphatic hydroxyl groups excluding tert-OH is 1. The van der Waals surface area contributed by atoms with Crippen molar-refractivity contribution >= 4 is 71.3 Å². The highest BCUT2D eigenvalue weighted by Crippen LogP contribution is 2.24. The van der Waals surface area contributed by atoms with Crippen LogP contribution < -0.4 is 5.32 Å². The molecule has 0 bridgehead atoms. The molecule has 2 N–H and O–H groups in total. The van der Waals surface area contributed by atoms with Crippen LogP contribution >= 0.6 is 59.4 Å². The van der Waals surface area contributed by atoms with E-state index in [0.717, 1.165) is 58.3 Å². The van der Waals surface area contributed by atoms with Gasteiger partial charge in [0.05, 0.1) is 38.7 Å². The summed E-state index contributed by atoms with van der Waals surface area (Å²) < 4.78 is 28.8.